The average Bonchev–Trinajstić information content (AvgIpc) is 2.91. The van der Waals surface area contributed by atoms with Crippen LogP contribution in [0.25, 0.3) is 0 Å². The number of nitrogens with one attached hydrogen (secondary N) is 1. The molecule has 130 valence electrons. The fourth-order valence-corrected chi connectivity index (χ4v) is 2.97. The molecule has 0 spiro atoms. The van der Waals surface area contributed by atoms with E-state index in [-0.39, 0.29) is 23.7 Å². The maximum Gasteiger partial charge on any atom is 0.318 e. The van der Waals surface area contributed by atoms with Crippen LogP contribution in [-0.4, -0.2) is 34.8 Å². The Morgan fingerprint density at radius 2 is 1.83 bits per heavy atom. The summed E-state index contributed by atoms with van der Waals surface area (Å²) in [4.78, 5) is 30.7. The van der Waals surface area contributed by atoms with Gasteiger partial charge in [0.1, 0.15) is 0 Å². The topological polar surface area (TPSA) is 62.3 Å². The first kappa shape index (κ1) is 19.6. The number of carbonyl (C=O) groups excluding carboxylic acids is 2. The minimum atomic E-state index is -0.452. The summed E-state index contributed by atoms with van der Waals surface area (Å²) in [6.45, 7) is 12.2. The largest absolute Gasteiger partial charge is 0.328 e. The number of Topliss-reactive ketones (excluding diaryl/α,β-unsaturated/α-hetero) is 1. The van der Waals surface area contributed by atoms with E-state index in [2.05, 4.69) is 24.1 Å². The van der Waals surface area contributed by atoms with Crippen LogP contribution < -0.4 is 5.32 Å². The molecular weight excluding hydrogens is 310 g/mol. The molecule has 0 saturated carbocycles. The summed E-state index contributed by atoms with van der Waals surface area (Å²) in [6.07, 6.45) is 0. The third-order valence-electron chi connectivity index (χ3n) is 3.63. The van der Waals surface area contributed by atoms with Crippen LogP contribution in [0.15, 0.2) is 5.38 Å². The Hall–Kier alpha value is -1.43. The molecule has 6 heteroatoms. The van der Waals surface area contributed by atoms with Crippen molar-refractivity contribution in [2.45, 2.75) is 60.0 Å². The third-order valence-corrected chi connectivity index (χ3v) is 4.82. The first-order chi connectivity index (χ1) is 10.6. The van der Waals surface area contributed by atoms with Gasteiger partial charge >= 0.3 is 6.03 Å². The average molecular weight is 340 g/mol. The molecule has 0 aliphatic heterocycles. The van der Waals surface area contributed by atoms with Crippen molar-refractivity contribution in [2.75, 3.05) is 7.05 Å². The Kier molecular flexibility index (Phi) is 7.19. The lowest BCUT2D eigenvalue weighted by molar-refractivity contribution is -0.124. The van der Waals surface area contributed by atoms with Gasteiger partial charge < -0.3 is 10.2 Å². The number of hydrogen-bond donors (Lipinski definition) is 1. The van der Waals surface area contributed by atoms with Gasteiger partial charge in [-0.05, 0) is 5.92 Å². The molecule has 0 aliphatic carbocycles. The highest BCUT2D eigenvalue weighted by atomic mass is 32.1. The lowest BCUT2D eigenvalue weighted by Crippen LogP contribution is -2.50. The van der Waals surface area contributed by atoms with E-state index in [4.69, 9.17) is 0 Å². The lowest BCUT2D eigenvalue weighted by Gasteiger charge is -2.26. The first-order valence-electron chi connectivity index (χ1n) is 8.13. The molecule has 23 heavy (non-hydrogen) atoms. The summed E-state index contributed by atoms with van der Waals surface area (Å²) < 4.78 is 0. The van der Waals surface area contributed by atoms with Gasteiger partial charge in [-0.2, -0.15) is 0 Å². The summed E-state index contributed by atoms with van der Waals surface area (Å²) in [5.74, 6) is 0.425. The van der Waals surface area contributed by atoms with Crippen molar-refractivity contribution in [2.24, 2.45) is 11.8 Å². The van der Waals surface area contributed by atoms with Crippen molar-refractivity contribution >= 4 is 23.2 Å². The summed E-state index contributed by atoms with van der Waals surface area (Å²) in [5, 5.41) is 5.92. The Morgan fingerprint density at radius 1 is 1.22 bits per heavy atom. The van der Waals surface area contributed by atoms with Gasteiger partial charge in [0.05, 0.1) is 23.3 Å². The molecule has 0 fully saturated rings. The molecule has 2 amide bonds. The van der Waals surface area contributed by atoms with E-state index in [0.717, 1.165) is 10.7 Å². The highest BCUT2D eigenvalue weighted by Crippen LogP contribution is 2.20. The molecule has 0 bridgehead atoms. The van der Waals surface area contributed by atoms with Crippen LogP contribution >= 0.6 is 11.3 Å². The second-order valence-corrected chi connectivity index (χ2v) is 7.81. The summed E-state index contributed by atoms with van der Waals surface area (Å²) in [7, 11) is 1.72. The molecule has 0 radical (unpaired) electrons. The van der Waals surface area contributed by atoms with Crippen molar-refractivity contribution in [3.8, 4) is 0 Å². The summed E-state index contributed by atoms with van der Waals surface area (Å²) in [6, 6.07) is -0.691. The van der Waals surface area contributed by atoms with Gasteiger partial charge in [0.15, 0.2) is 5.78 Å². The van der Waals surface area contributed by atoms with E-state index < -0.39 is 6.04 Å². The number of rotatable bonds is 7. The number of nitrogens with zero attached hydrogens (tertiary/aromatic N) is 2. The van der Waals surface area contributed by atoms with Gasteiger partial charge in [-0.15, -0.1) is 11.3 Å². The minimum Gasteiger partial charge on any atom is -0.328 e. The van der Waals surface area contributed by atoms with Crippen molar-refractivity contribution < 1.29 is 9.59 Å². The number of carbonyl (C=O) groups is 2. The van der Waals surface area contributed by atoms with Crippen LogP contribution in [0.5, 0.6) is 0 Å². The highest BCUT2D eigenvalue weighted by molar-refractivity contribution is 7.09. The van der Waals surface area contributed by atoms with E-state index in [1.165, 1.54) is 0 Å². The molecule has 5 nitrogen and oxygen atoms in total. The van der Waals surface area contributed by atoms with Crippen molar-refractivity contribution in [1.29, 1.82) is 0 Å². The van der Waals surface area contributed by atoms with Crippen molar-refractivity contribution in [3.05, 3.63) is 16.1 Å². The number of amides is 2. The Balaban J connectivity index is 2.69. The number of thiazole rings is 1. The van der Waals surface area contributed by atoms with Crippen LogP contribution in [0.3, 0.4) is 0 Å². The fourth-order valence-electron chi connectivity index (χ4n) is 2.14. The van der Waals surface area contributed by atoms with Crippen molar-refractivity contribution in [3.63, 3.8) is 0 Å². The smallest absolute Gasteiger partial charge is 0.318 e. The van der Waals surface area contributed by atoms with E-state index in [1.54, 1.807) is 23.3 Å². The van der Waals surface area contributed by atoms with Crippen LogP contribution in [0.2, 0.25) is 0 Å². The first-order valence-corrected chi connectivity index (χ1v) is 9.01. The molecule has 1 aromatic rings. The maximum absolute atomic E-state index is 12.4. The molecule has 0 aliphatic rings. The van der Waals surface area contributed by atoms with Crippen LogP contribution in [0.4, 0.5) is 4.79 Å². The molecule has 1 aromatic heterocycles. The van der Waals surface area contributed by atoms with Crippen LogP contribution in [-0.2, 0) is 11.3 Å². The van der Waals surface area contributed by atoms with Gasteiger partial charge in [-0.1, -0.05) is 41.5 Å². The molecule has 1 heterocycles. The van der Waals surface area contributed by atoms with Gasteiger partial charge in [-0.25, -0.2) is 9.78 Å². The SMILES string of the molecule is CC(C)C(=O)[C@@H](NC(=O)N(C)Cc1csc(C(C)C)n1)C(C)C. The van der Waals surface area contributed by atoms with E-state index in [0.29, 0.717) is 12.5 Å². The molecule has 0 aromatic carbocycles. The zero-order valence-corrected chi connectivity index (χ0v) is 16.0. The number of ketones is 1. The van der Waals surface area contributed by atoms with Crippen molar-refractivity contribution in [1.82, 2.24) is 15.2 Å². The zero-order chi connectivity index (χ0) is 17.7. The van der Waals surface area contributed by atoms with E-state index >= 15 is 0 Å². The number of urea groups is 1. The molecule has 1 rings (SSSR count). The number of hydrogen-bond acceptors (Lipinski definition) is 4. The molecular formula is C17H29N3O2S. The van der Waals surface area contributed by atoms with Gasteiger partial charge in [0.25, 0.3) is 0 Å². The predicted octanol–water partition coefficient (Wildman–Crippen LogP) is 3.66. The molecule has 0 saturated heterocycles. The minimum absolute atomic E-state index is 0.0640. The van der Waals surface area contributed by atoms with Crippen LogP contribution in [0, 0.1) is 11.8 Å². The summed E-state index contributed by atoms with van der Waals surface area (Å²) in [5.41, 5.74) is 0.882. The lowest BCUT2D eigenvalue weighted by atomic mass is 9.93. The van der Waals surface area contributed by atoms with Gasteiger partial charge in [-0.3, -0.25) is 4.79 Å². The van der Waals surface area contributed by atoms with Gasteiger partial charge in [0, 0.05) is 24.3 Å². The zero-order valence-electron chi connectivity index (χ0n) is 15.2. The van der Waals surface area contributed by atoms with E-state index in [1.807, 2.05) is 33.1 Å². The molecule has 0 unspecified atom stereocenters. The standard InChI is InChI=1S/C17H29N3O2S/c1-10(2)14(15(21)11(3)4)19-17(22)20(7)8-13-9-23-16(18-13)12(5)6/h9-12,14H,8H2,1-7H3,(H,19,22)/t14-/m0/s1. The second-order valence-electron chi connectivity index (χ2n) is 6.92. The Morgan fingerprint density at radius 3 is 2.26 bits per heavy atom. The highest BCUT2D eigenvalue weighted by Gasteiger charge is 2.27. The quantitative estimate of drug-likeness (QED) is 0.824. The Labute approximate surface area is 143 Å². The molecule has 1 N–H and O–H groups in total. The third kappa shape index (κ3) is 5.61. The van der Waals surface area contributed by atoms with E-state index in [9.17, 15) is 9.59 Å². The maximum atomic E-state index is 12.4. The van der Waals surface area contributed by atoms with Gasteiger partial charge in [0.2, 0.25) is 0 Å². The fraction of sp³-hybridized carbons (Fsp3) is 0.706. The monoisotopic (exact) mass is 339 g/mol. The molecule has 1 atom stereocenters. The van der Waals surface area contributed by atoms with Crippen LogP contribution in [0.1, 0.15) is 58.2 Å². The predicted molar refractivity (Wildman–Crippen MR) is 94.7 cm³/mol. The Bertz CT molecular complexity index is 538. The normalized spacial score (nSPS) is 12.8. The second kappa shape index (κ2) is 8.43. The number of aromatic nitrogens is 1. The summed E-state index contributed by atoms with van der Waals surface area (Å²) >= 11 is 1.62.